The largest absolute Gasteiger partial charge is 0.377 e. The van der Waals surface area contributed by atoms with Gasteiger partial charge in [-0.2, -0.15) is 5.10 Å². The number of rotatable bonds is 4. The molecule has 1 aliphatic rings. The van der Waals surface area contributed by atoms with Gasteiger partial charge in [-0.1, -0.05) is 11.6 Å². The molecule has 0 aliphatic carbocycles. The second-order valence-electron chi connectivity index (χ2n) is 5.26. The van der Waals surface area contributed by atoms with Gasteiger partial charge in [0.1, 0.15) is 11.0 Å². The maximum Gasteiger partial charge on any atom is 0.235 e. The van der Waals surface area contributed by atoms with Crippen LogP contribution in [0.5, 0.6) is 0 Å². The van der Waals surface area contributed by atoms with E-state index in [1.807, 2.05) is 0 Å². The summed E-state index contributed by atoms with van der Waals surface area (Å²) in [4.78, 5) is 0. The van der Waals surface area contributed by atoms with E-state index in [0.717, 1.165) is 18.9 Å². The van der Waals surface area contributed by atoms with E-state index < -0.39 is 15.8 Å². The highest BCUT2D eigenvalue weighted by Crippen LogP contribution is 2.27. The summed E-state index contributed by atoms with van der Waals surface area (Å²) in [6, 6.07) is 2.46. The molecule has 2 heterocycles. The van der Waals surface area contributed by atoms with E-state index in [-0.39, 0.29) is 22.7 Å². The summed E-state index contributed by atoms with van der Waals surface area (Å²) in [5, 5.41) is 7.01. The average molecular weight is 348 g/mol. The van der Waals surface area contributed by atoms with Crippen LogP contribution in [0, 0.1) is 5.82 Å². The van der Waals surface area contributed by atoms with E-state index in [4.69, 9.17) is 16.3 Å². The van der Waals surface area contributed by atoms with E-state index in [1.54, 1.807) is 0 Å². The lowest BCUT2D eigenvalue weighted by atomic mass is 10.1. The van der Waals surface area contributed by atoms with Crippen molar-refractivity contribution in [3.8, 4) is 0 Å². The maximum atomic E-state index is 14.0. The second kappa shape index (κ2) is 6.02. The number of aromatic nitrogens is 2. The molecule has 2 aromatic rings. The fourth-order valence-electron chi connectivity index (χ4n) is 2.47. The van der Waals surface area contributed by atoms with Gasteiger partial charge in [-0.15, -0.1) is 0 Å². The third-order valence-corrected chi connectivity index (χ3v) is 5.17. The molecule has 0 radical (unpaired) electrons. The fourth-order valence-corrected chi connectivity index (χ4v) is 3.99. The minimum absolute atomic E-state index is 0.147. The molecule has 1 atom stereocenters. The van der Waals surface area contributed by atoms with E-state index in [2.05, 4.69) is 14.9 Å². The first-order valence-corrected chi connectivity index (χ1v) is 8.93. The summed E-state index contributed by atoms with van der Waals surface area (Å²) in [5.41, 5.74) is 0.188. The highest BCUT2D eigenvalue weighted by Gasteiger charge is 2.23. The van der Waals surface area contributed by atoms with Crippen molar-refractivity contribution in [1.29, 1.82) is 0 Å². The molecule has 2 N–H and O–H groups in total. The fraction of sp³-hybridized carbons (Fsp3) is 0.462. The zero-order chi connectivity index (χ0) is 15.7. The lowest BCUT2D eigenvalue weighted by Gasteiger charge is -2.22. The predicted molar refractivity (Wildman–Crippen MR) is 82.1 cm³/mol. The standard InChI is InChI=1S/C13H15ClFN3O3S/c14-13-9-5-12(10(15)6-11(9)16-17-13)18-22(19,20)7-8-3-1-2-4-21-8/h5-6,8,18H,1-4,7H2,(H,16,17). The van der Waals surface area contributed by atoms with Crippen molar-refractivity contribution >= 4 is 38.2 Å². The van der Waals surface area contributed by atoms with Crippen molar-refractivity contribution in [2.75, 3.05) is 17.1 Å². The van der Waals surface area contributed by atoms with Crippen molar-refractivity contribution in [2.45, 2.75) is 25.4 Å². The normalized spacial score (nSPS) is 19.5. The quantitative estimate of drug-likeness (QED) is 0.890. The third-order valence-electron chi connectivity index (χ3n) is 3.54. The molecule has 0 amide bonds. The Labute approximate surface area is 132 Å². The topological polar surface area (TPSA) is 84.1 Å². The zero-order valence-corrected chi connectivity index (χ0v) is 13.2. The van der Waals surface area contributed by atoms with Crippen molar-refractivity contribution < 1.29 is 17.5 Å². The van der Waals surface area contributed by atoms with E-state index in [0.29, 0.717) is 23.9 Å². The number of hydrogen-bond donors (Lipinski definition) is 2. The van der Waals surface area contributed by atoms with Gasteiger partial charge in [-0.05, 0) is 25.3 Å². The Morgan fingerprint density at radius 3 is 3.00 bits per heavy atom. The Balaban J connectivity index is 1.81. The summed E-state index contributed by atoms with van der Waals surface area (Å²) in [6.07, 6.45) is 2.21. The summed E-state index contributed by atoms with van der Waals surface area (Å²) < 4.78 is 46.0. The molecule has 0 saturated carbocycles. The highest BCUT2D eigenvalue weighted by atomic mass is 35.5. The van der Waals surface area contributed by atoms with E-state index in [9.17, 15) is 12.8 Å². The Morgan fingerprint density at radius 2 is 2.27 bits per heavy atom. The lowest BCUT2D eigenvalue weighted by molar-refractivity contribution is 0.0306. The molecule has 1 saturated heterocycles. The number of nitrogens with zero attached hydrogens (tertiary/aromatic N) is 1. The zero-order valence-electron chi connectivity index (χ0n) is 11.6. The van der Waals surface area contributed by atoms with Crippen LogP contribution in [0.2, 0.25) is 5.15 Å². The highest BCUT2D eigenvalue weighted by molar-refractivity contribution is 7.92. The first-order chi connectivity index (χ1) is 10.4. The van der Waals surface area contributed by atoms with Gasteiger partial charge in [0.25, 0.3) is 0 Å². The lowest BCUT2D eigenvalue weighted by Crippen LogP contribution is -2.31. The van der Waals surface area contributed by atoms with Crippen LogP contribution >= 0.6 is 11.6 Å². The van der Waals surface area contributed by atoms with Crippen LogP contribution in [-0.4, -0.2) is 37.1 Å². The first kappa shape index (κ1) is 15.5. The minimum Gasteiger partial charge on any atom is -0.377 e. The SMILES string of the molecule is O=S(=O)(CC1CCCCO1)Nc1cc2c(Cl)[nH]nc2cc1F. The number of halogens is 2. The van der Waals surface area contributed by atoms with Gasteiger partial charge in [-0.25, -0.2) is 12.8 Å². The number of nitrogens with one attached hydrogen (secondary N) is 2. The smallest absolute Gasteiger partial charge is 0.235 e. The summed E-state index contributed by atoms with van der Waals surface area (Å²) in [6.45, 7) is 0.561. The van der Waals surface area contributed by atoms with Gasteiger partial charge in [0, 0.05) is 18.1 Å². The first-order valence-electron chi connectivity index (χ1n) is 6.90. The van der Waals surface area contributed by atoms with Crippen molar-refractivity contribution in [3.05, 3.63) is 23.1 Å². The maximum absolute atomic E-state index is 14.0. The molecule has 1 unspecified atom stereocenters. The molecule has 1 fully saturated rings. The van der Waals surface area contributed by atoms with Gasteiger partial charge >= 0.3 is 0 Å². The Kier molecular flexibility index (Phi) is 4.24. The number of ether oxygens (including phenoxy) is 1. The molecule has 1 aromatic carbocycles. The molecule has 1 aromatic heterocycles. The van der Waals surface area contributed by atoms with E-state index >= 15 is 0 Å². The molecule has 9 heteroatoms. The van der Waals surface area contributed by atoms with Crippen molar-refractivity contribution in [2.24, 2.45) is 0 Å². The molecular formula is C13H15ClFN3O3S. The van der Waals surface area contributed by atoms with Crippen LogP contribution in [0.15, 0.2) is 12.1 Å². The van der Waals surface area contributed by atoms with Crippen LogP contribution < -0.4 is 4.72 Å². The second-order valence-corrected chi connectivity index (χ2v) is 7.40. The Hall–Kier alpha value is -1.38. The van der Waals surface area contributed by atoms with Gasteiger partial charge in [-0.3, -0.25) is 9.82 Å². The molecule has 120 valence electrons. The van der Waals surface area contributed by atoms with Gasteiger partial charge in [0.05, 0.1) is 23.1 Å². The molecule has 6 nitrogen and oxygen atoms in total. The van der Waals surface area contributed by atoms with Gasteiger partial charge in [0.2, 0.25) is 10.0 Å². The van der Waals surface area contributed by atoms with Crippen LogP contribution in [0.4, 0.5) is 10.1 Å². The average Bonchev–Trinajstić information content (AvgIpc) is 2.80. The number of H-pyrrole nitrogens is 1. The number of sulfonamides is 1. The summed E-state index contributed by atoms with van der Waals surface area (Å²) in [5.74, 6) is -0.896. The van der Waals surface area contributed by atoms with E-state index in [1.165, 1.54) is 6.07 Å². The Morgan fingerprint density at radius 1 is 1.45 bits per heavy atom. The number of aromatic amines is 1. The third kappa shape index (κ3) is 3.34. The van der Waals surface area contributed by atoms with Crippen LogP contribution in [0.1, 0.15) is 19.3 Å². The van der Waals surface area contributed by atoms with Gasteiger partial charge < -0.3 is 4.74 Å². The number of hydrogen-bond acceptors (Lipinski definition) is 4. The van der Waals surface area contributed by atoms with Crippen LogP contribution in [0.25, 0.3) is 10.9 Å². The predicted octanol–water partition coefficient (Wildman–Crippen LogP) is 2.67. The number of benzene rings is 1. The van der Waals surface area contributed by atoms with Crippen LogP contribution in [0.3, 0.4) is 0 Å². The monoisotopic (exact) mass is 347 g/mol. The molecule has 1 aliphatic heterocycles. The summed E-state index contributed by atoms with van der Waals surface area (Å²) in [7, 11) is -3.71. The van der Waals surface area contributed by atoms with Gasteiger partial charge in [0.15, 0.2) is 0 Å². The molecule has 22 heavy (non-hydrogen) atoms. The van der Waals surface area contributed by atoms with Crippen LogP contribution in [-0.2, 0) is 14.8 Å². The number of fused-ring (bicyclic) bond motifs is 1. The summed E-state index contributed by atoms with van der Waals surface area (Å²) >= 11 is 5.89. The van der Waals surface area contributed by atoms with Crippen molar-refractivity contribution in [1.82, 2.24) is 10.2 Å². The molecule has 3 rings (SSSR count). The molecular weight excluding hydrogens is 333 g/mol. The number of anilines is 1. The van der Waals surface area contributed by atoms with Crippen molar-refractivity contribution in [3.63, 3.8) is 0 Å². The molecule has 0 bridgehead atoms. The minimum atomic E-state index is -3.71. The molecule has 0 spiro atoms. The Bertz CT molecular complexity index is 787.